The van der Waals surface area contributed by atoms with Crippen LogP contribution in [0.5, 0.6) is 0 Å². The molecule has 1 aliphatic carbocycles. The fourth-order valence-electron chi connectivity index (χ4n) is 2.57. The summed E-state index contributed by atoms with van der Waals surface area (Å²) in [5, 5.41) is 7.15. The van der Waals surface area contributed by atoms with Crippen LogP contribution >= 0.6 is 11.3 Å². The number of nitrogens with one attached hydrogen (secondary N) is 1. The van der Waals surface area contributed by atoms with Crippen molar-refractivity contribution < 1.29 is 4.79 Å². The first-order valence-electron chi connectivity index (χ1n) is 6.74. The number of anilines is 1. The molecule has 0 aliphatic heterocycles. The average molecular weight is 271 g/mol. The zero-order chi connectivity index (χ0) is 13.1. The Morgan fingerprint density at radius 1 is 1.21 bits per heavy atom. The van der Waals surface area contributed by atoms with Crippen LogP contribution in [0.25, 0.3) is 0 Å². The number of benzene rings is 1. The van der Waals surface area contributed by atoms with Crippen molar-refractivity contribution in [2.75, 3.05) is 5.32 Å². The molecule has 0 bridgehead atoms. The standard InChI is InChI=1S/C16H17NOS/c18-16(7-4-12-8-9-19-11-12)17-15-6-5-13-2-1-3-14(13)10-15/h5-6,8-11H,1-4,7H2,(H,17,18). The van der Waals surface area contributed by atoms with Gasteiger partial charge in [-0.25, -0.2) is 0 Å². The summed E-state index contributed by atoms with van der Waals surface area (Å²) in [6.45, 7) is 0. The second-order valence-corrected chi connectivity index (χ2v) is 5.80. The summed E-state index contributed by atoms with van der Waals surface area (Å²) in [5.41, 5.74) is 5.02. The zero-order valence-corrected chi connectivity index (χ0v) is 11.6. The Morgan fingerprint density at radius 3 is 2.95 bits per heavy atom. The maximum Gasteiger partial charge on any atom is 0.224 e. The summed E-state index contributed by atoms with van der Waals surface area (Å²) in [4.78, 5) is 11.9. The van der Waals surface area contributed by atoms with Crippen molar-refractivity contribution in [3.05, 3.63) is 51.7 Å². The molecule has 19 heavy (non-hydrogen) atoms. The molecule has 1 heterocycles. The molecule has 0 radical (unpaired) electrons. The third-order valence-electron chi connectivity index (χ3n) is 3.60. The van der Waals surface area contributed by atoms with Crippen LogP contribution in [0, 0.1) is 0 Å². The highest BCUT2D eigenvalue weighted by molar-refractivity contribution is 7.07. The van der Waals surface area contributed by atoms with E-state index in [9.17, 15) is 4.79 Å². The lowest BCUT2D eigenvalue weighted by Gasteiger charge is -2.07. The molecule has 3 heteroatoms. The number of rotatable bonds is 4. The van der Waals surface area contributed by atoms with E-state index in [1.807, 2.05) is 11.4 Å². The first-order chi connectivity index (χ1) is 9.31. The molecule has 1 aromatic carbocycles. The van der Waals surface area contributed by atoms with Gasteiger partial charge in [-0.15, -0.1) is 0 Å². The molecule has 1 aliphatic rings. The predicted molar refractivity (Wildman–Crippen MR) is 79.7 cm³/mol. The number of hydrogen-bond donors (Lipinski definition) is 1. The lowest BCUT2D eigenvalue weighted by molar-refractivity contribution is -0.116. The zero-order valence-electron chi connectivity index (χ0n) is 10.8. The third kappa shape index (κ3) is 3.04. The molecule has 0 unspecified atom stereocenters. The topological polar surface area (TPSA) is 29.1 Å². The summed E-state index contributed by atoms with van der Waals surface area (Å²) < 4.78 is 0. The quantitative estimate of drug-likeness (QED) is 0.900. The molecule has 2 aromatic rings. The minimum atomic E-state index is 0.101. The minimum absolute atomic E-state index is 0.101. The second-order valence-electron chi connectivity index (χ2n) is 5.02. The Bertz CT molecular complexity index is 574. The lowest BCUT2D eigenvalue weighted by Crippen LogP contribution is -2.12. The fourth-order valence-corrected chi connectivity index (χ4v) is 3.27. The SMILES string of the molecule is O=C(CCc1ccsc1)Nc1ccc2c(c1)CCC2. The Hall–Kier alpha value is -1.61. The van der Waals surface area contributed by atoms with Crippen molar-refractivity contribution in [3.63, 3.8) is 0 Å². The highest BCUT2D eigenvalue weighted by Gasteiger charge is 2.11. The van der Waals surface area contributed by atoms with E-state index in [2.05, 4.69) is 28.9 Å². The van der Waals surface area contributed by atoms with Gasteiger partial charge in [0, 0.05) is 12.1 Å². The van der Waals surface area contributed by atoms with E-state index in [0.29, 0.717) is 6.42 Å². The van der Waals surface area contributed by atoms with Crippen LogP contribution in [0.1, 0.15) is 29.5 Å². The number of aryl methyl sites for hydroxylation is 3. The Kier molecular flexibility index (Phi) is 3.65. The molecule has 98 valence electrons. The van der Waals surface area contributed by atoms with Crippen molar-refractivity contribution in [1.29, 1.82) is 0 Å². The molecular weight excluding hydrogens is 254 g/mol. The van der Waals surface area contributed by atoms with Crippen molar-refractivity contribution in [3.8, 4) is 0 Å². The Labute approximate surface area is 117 Å². The Balaban J connectivity index is 1.57. The molecular formula is C16H17NOS. The highest BCUT2D eigenvalue weighted by Crippen LogP contribution is 2.25. The smallest absolute Gasteiger partial charge is 0.224 e. The molecule has 1 N–H and O–H groups in total. The molecule has 3 rings (SSSR count). The number of amides is 1. The Morgan fingerprint density at radius 2 is 2.11 bits per heavy atom. The maximum absolute atomic E-state index is 11.9. The van der Waals surface area contributed by atoms with Gasteiger partial charge in [-0.3, -0.25) is 4.79 Å². The van der Waals surface area contributed by atoms with E-state index in [0.717, 1.165) is 18.5 Å². The first kappa shape index (κ1) is 12.4. The van der Waals surface area contributed by atoms with E-state index in [-0.39, 0.29) is 5.91 Å². The van der Waals surface area contributed by atoms with Crippen LogP contribution in [0.3, 0.4) is 0 Å². The van der Waals surface area contributed by atoms with Crippen LogP contribution in [0.4, 0.5) is 5.69 Å². The number of thiophene rings is 1. The van der Waals surface area contributed by atoms with Gasteiger partial charge in [0.05, 0.1) is 0 Å². The van der Waals surface area contributed by atoms with Crippen molar-refractivity contribution in [1.82, 2.24) is 0 Å². The van der Waals surface area contributed by atoms with Gasteiger partial charge in [-0.05, 0) is 71.3 Å². The molecule has 2 nitrogen and oxygen atoms in total. The molecule has 1 aromatic heterocycles. The highest BCUT2D eigenvalue weighted by atomic mass is 32.1. The van der Waals surface area contributed by atoms with E-state index in [1.54, 1.807) is 11.3 Å². The van der Waals surface area contributed by atoms with Gasteiger partial charge >= 0.3 is 0 Å². The van der Waals surface area contributed by atoms with E-state index >= 15 is 0 Å². The monoisotopic (exact) mass is 271 g/mol. The lowest BCUT2D eigenvalue weighted by atomic mass is 10.1. The van der Waals surface area contributed by atoms with Gasteiger partial charge < -0.3 is 5.32 Å². The summed E-state index contributed by atoms with van der Waals surface area (Å²) in [7, 11) is 0. The van der Waals surface area contributed by atoms with Crippen molar-refractivity contribution in [2.24, 2.45) is 0 Å². The van der Waals surface area contributed by atoms with Crippen molar-refractivity contribution >= 4 is 22.9 Å². The number of fused-ring (bicyclic) bond motifs is 1. The van der Waals surface area contributed by atoms with Gasteiger partial charge in [0.2, 0.25) is 5.91 Å². The average Bonchev–Trinajstić information content (AvgIpc) is 3.07. The van der Waals surface area contributed by atoms with Gasteiger partial charge in [0.1, 0.15) is 0 Å². The largest absolute Gasteiger partial charge is 0.326 e. The normalized spacial score (nSPS) is 13.3. The van der Waals surface area contributed by atoms with Crippen LogP contribution < -0.4 is 5.32 Å². The van der Waals surface area contributed by atoms with E-state index in [4.69, 9.17) is 0 Å². The molecule has 0 saturated heterocycles. The van der Waals surface area contributed by atoms with Gasteiger partial charge in [0.15, 0.2) is 0 Å². The number of carbonyl (C=O) groups is 1. The van der Waals surface area contributed by atoms with Crippen molar-refractivity contribution in [2.45, 2.75) is 32.1 Å². The van der Waals surface area contributed by atoms with Crippen LogP contribution in [0.15, 0.2) is 35.0 Å². The molecule has 0 spiro atoms. The van der Waals surface area contributed by atoms with E-state index < -0.39 is 0 Å². The molecule has 0 atom stereocenters. The summed E-state index contributed by atoms with van der Waals surface area (Å²) in [6, 6.07) is 8.38. The van der Waals surface area contributed by atoms with E-state index in [1.165, 1.54) is 29.5 Å². The van der Waals surface area contributed by atoms with Crippen LogP contribution in [-0.4, -0.2) is 5.91 Å². The van der Waals surface area contributed by atoms with Crippen LogP contribution in [0.2, 0.25) is 0 Å². The molecule has 1 amide bonds. The third-order valence-corrected chi connectivity index (χ3v) is 4.34. The van der Waals surface area contributed by atoms with Gasteiger partial charge in [-0.1, -0.05) is 6.07 Å². The van der Waals surface area contributed by atoms with Crippen LogP contribution in [-0.2, 0) is 24.1 Å². The number of carbonyl (C=O) groups excluding carboxylic acids is 1. The number of hydrogen-bond acceptors (Lipinski definition) is 2. The van der Waals surface area contributed by atoms with Gasteiger partial charge in [0.25, 0.3) is 0 Å². The molecule has 0 fully saturated rings. The predicted octanol–water partition coefficient (Wildman–Crippen LogP) is 3.81. The maximum atomic E-state index is 11.9. The second kappa shape index (κ2) is 5.57. The minimum Gasteiger partial charge on any atom is -0.326 e. The summed E-state index contributed by atoms with van der Waals surface area (Å²) in [5.74, 6) is 0.101. The first-order valence-corrected chi connectivity index (χ1v) is 7.68. The van der Waals surface area contributed by atoms with Gasteiger partial charge in [-0.2, -0.15) is 11.3 Å². The fraction of sp³-hybridized carbons (Fsp3) is 0.312. The summed E-state index contributed by atoms with van der Waals surface area (Å²) >= 11 is 1.68. The summed E-state index contributed by atoms with van der Waals surface area (Å²) in [6.07, 6.45) is 4.94. The molecule has 0 saturated carbocycles.